The third kappa shape index (κ3) is 5.95. The molecule has 3 rings (SSSR count). The lowest BCUT2D eigenvalue weighted by atomic mass is 9.92. The molecule has 0 atom stereocenters. The van der Waals surface area contributed by atoms with Gasteiger partial charge < -0.3 is 21.9 Å². The van der Waals surface area contributed by atoms with E-state index in [0.717, 1.165) is 5.56 Å². The van der Waals surface area contributed by atoms with Crippen LogP contribution in [0.5, 0.6) is 11.6 Å². The summed E-state index contributed by atoms with van der Waals surface area (Å²) in [4.78, 5) is 16.9. The van der Waals surface area contributed by atoms with Crippen LogP contribution in [0.2, 0.25) is 0 Å². The third-order valence-corrected chi connectivity index (χ3v) is 4.65. The van der Waals surface area contributed by atoms with Crippen molar-refractivity contribution in [3.63, 3.8) is 0 Å². The van der Waals surface area contributed by atoms with Gasteiger partial charge in [0.2, 0.25) is 5.88 Å². The number of thioether (sulfide) groups is 1. The summed E-state index contributed by atoms with van der Waals surface area (Å²) >= 11 is 1.39. The van der Waals surface area contributed by atoms with Crippen molar-refractivity contribution in [1.82, 2.24) is 25.1 Å². The van der Waals surface area contributed by atoms with Gasteiger partial charge in [-0.15, -0.1) is 5.10 Å². The highest BCUT2D eigenvalue weighted by molar-refractivity contribution is 7.98. The van der Waals surface area contributed by atoms with Gasteiger partial charge >= 0.3 is 0 Å². The van der Waals surface area contributed by atoms with Crippen LogP contribution in [0.4, 0.5) is 11.8 Å². The molecule has 31 heavy (non-hydrogen) atoms. The van der Waals surface area contributed by atoms with Crippen molar-refractivity contribution in [2.24, 2.45) is 21.9 Å². The second kappa shape index (κ2) is 9.04. The molecule has 2 heterocycles. The molecule has 10 nitrogen and oxygen atoms in total. The number of allylic oxidation sites excluding steroid dienone is 1. The predicted molar refractivity (Wildman–Crippen MR) is 123 cm³/mol. The number of nitrogens with zero attached hydrogens (tertiary/aromatic N) is 5. The summed E-state index contributed by atoms with van der Waals surface area (Å²) in [6, 6.07) is 8.83. The van der Waals surface area contributed by atoms with Gasteiger partial charge in [0.15, 0.2) is 11.0 Å². The highest BCUT2D eigenvalue weighted by Gasteiger charge is 2.14. The number of aromatic amines is 1. The molecule has 11 heteroatoms. The number of anilines is 1. The van der Waals surface area contributed by atoms with Crippen LogP contribution < -0.4 is 21.9 Å². The number of hydrogen-bond acceptors (Lipinski definition) is 9. The molecule has 0 amide bonds. The molecule has 1 aromatic carbocycles. The number of nitrogens with one attached hydrogen (secondary N) is 1. The molecule has 0 unspecified atom stereocenters. The maximum atomic E-state index is 6.02. The second-order valence-electron chi connectivity index (χ2n) is 7.61. The van der Waals surface area contributed by atoms with E-state index in [9.17, 15) is 0 Å². The molecule has 0 saturated heterocycles. The summed E-state index contributed by atoms with van der Waals surface area (Å²) in [7, 11) is 0. The van der Waals surface area contributed by atoms with E-state index >= 15 is 0 Å². The third-order valence-electron chi connectivity index (χ3n) is 4.11. The Bertz CT molecular complexity index is 1110. The average molecular weight is 440 g/mol. The van der Waals surface area contributed by atoms with Crippen molar-refractivity contribution in [2.45, 2.75) is 25.9 Å². The summed E-state index contributed by atoms with van der Waals surface area (Å²) in [5.41, 5.74) is 19.0. The maximum absolute atomic E-state index is 6.02. The van der Waals surface area contributed by atoms with E-state index in [1.807, 2.05) is 39.2 Å². The van der Waals surface area contributed by atoms with Crippen LogP contribution in [0.3, 0.4) is 0 Å². The zero-order chi connectivity index (χ0) is 22.6. The van der Waals surface area contributed by atoms with Crippen LogP contribution in [0, 0.1) is 5.41 Å². The smallest absolute Gasteiger partial charge is 0.270 e. The SMILES string of the molecule is CSc1nc(N)cc(Oc2ccc(-c3nc(N=C(N)C=C(N)C(C)(C)C)n[nH]3)cc2)n1. The first-order chi connectivity index (χ1) is 14.6. The first-order valence-electron chi connectivity index (χ1n) is 9.35. The van der Waals surface area contributed by atoms with Gasteiger partial charge in [0.05, 0.1) is 0 Å². The maximum Gasteiger partial charge on any atom is 0.270 e. The summed E-state index contributed by atoms with van der Waals surface area (Å²) in [6.07, 6.45) is 3.48. The average Bonchev–Trinajstić information content (AvgIpc) is 3.15. The van der Waals surface area contributed by atoms with Crippen LogP contribution in [0.1, 0.15) is 20.8 Å². The van der Waals surface area contributed by atoms with Crippen LogP contribution in [0.25, 0.3) is 11.4 Å². The van der Waals surface area contributed by atoms with E-state index < -0.39 is 0 Å². The zero-order valence-electron chi connectivity index (χ0n) is 17.7. The number of H-pyrrole nitrogens is 1. The monoisotopic (exact) mass is 439 g/mol. The Hall–Kier alpha value is -3.60. The highest BCUT2D eigenvalue weighted by Crippen LogP contribution is 2.26. The Labute approximate surface area is 184 Å². The minimum Gasteiger partial charge on any atom is -0.439 e. The summed E-state index contributed by atoms with van der Waals surface area (Å²) in [5, 5.41) is 7.47. The van der Waals surface area contributed by atoms with Gasteiger partial charge in [0, 0.05) is 22.7 Å². The number of hydrogen-bond donors (Lipinski definition) is 4. The number of aromatic nitrogens is 5. The molecule has 7 N–H and O–H groups in total. The molecule has 162 valence electrons. The summed E-state index contributed by atoms with van der Waals surface area (Å²) in [6.45, 7) is 5.98. The van der Waals surface area contributed by atoms with Gasteiger partial charge in [0.25, 0.3) is 5.95 Å². The minimum absolute atomic E-state index is 0.206. The van der Waals surface area contributed by atoms with Crippen LogP contribution in [-0.2, 0) is 0 Å². The van der Waals surface area contributed by atoms with Crippen molar-refractivity contribution in [1.29, 1.82) is 0 Å². The van der Waals surface area contributed by atoms with E-state index in [0.29, 0.717) is 34.1 Å². The molecule has 0 aliphatic carbocycles. The fourth-order valence-electron chi connectivity index (χ4n) is 2.32. The molecule has 0 aliphatic rings. The van der Waals surface area contributed by atoms with Crippen LogP contribution in [0.15, 0.2) is 52.3 Å². The zero-order valence-corrected chi connectivity index (χ0v) is 18.6. The van der Waals surface area contributed by atoms with E-state index in [1.165, 1.54) is 11.8 Å². The van der Waals surface area contributed by atoms with Crippen LogP contribution >= 0.6 is 11.8 Å². The van der Waals surface area contributed by atoms with E-state index in [1.54, 1.807) is 24.3 Å². The summed E-state index contributed by atoms with van der Waals surface area (Å²) in [5.74, 6) is 2.31. The predicted octanol–water partition coefficient (Wildman–Crippen LogP) is 3.24. The van der Waals surface area contributed by atoms with Gasteiger partial charge in [-0.05, 0) is 36.6 Å². The molecule has 3 aromatic rings. The molecular formula is C20H25N9OS. The first-order valence-corrected chi connectivity index (χ1v) is 10.6. The standard InChI is InChI=1S/C20H25N9OS/c1-20(2,3)13(21)9-14(22)24-18-27-17(28-29-18)11-5-7-12(8-6-11)30-16-10-15(23)25-19(26-16)31-4/h5-10H,21H2,1-4H3,(H2,23,25,26)(H3,22,24,27,28,29). The summed E-state index contributed by atoms with van der Waals surface area (Å²) < 4.78 is 5.77. The van der Waals surface area contributed by atoms with Gasteiger partial charge in [-0.3, -0.25) is 5.10 Å². The largest absolute Gasteiger partial charge is 0.439 e. The molecule has 0 fully saturated rings. The molecule has 0 radical (unpaired) electrons. The van der Waals surface area contributed by atoms with Crippen molar-refractivity contribution in [3.8, 4) is 23.0 Å². The van der Waals surface area contributed by atoms with Crippen molar-refractivity contribution >= 4 is 29.4 Å². The lowest BCUT2D eigenvalue weighted by Gasteiger charge is -2.18. The Morgan fingerprint density at radius 3 is 2.48 bits per heavy atom. The fourth-order valence-corrected chi connectivity index (χ4v) is 2.70. The van der Waals surface area contributed by atoms with Gasteiger partial charge in [-0.2, -0.15) is 15.0 Å². The van der Waals surface area contributed by atoms with E-state index in [4.69, 9.17) is 21.9 Å². The first kappa shape index (κ1) is 22.1. The Kier molecular flexibility index (Phi) is 6.44. The van der Waals surface area contributed by atoms with Crippen molar-refractivity contribution < 1.29 is 4.74 Å². The lowest BCUT2D eigenvalue weighted by Crippen LogP contribution is -2.20. The Morgan fingerprint density at radius 2 is 1.84 bits per heavy atom. The van der Waals surface area contributed by atoms with Crippen molar-refractivity contribution in [3.05, 3.63) is 42.1 Å². The number of amidine groups is 1. The number of nitrogens with two attached hydrogens (primary N) is 3. The van der Waals surface area contributed by atoms with Gasteiger partial charge in [-0.1, -0.05) is 32.5 Å². The minimum atomic E-state index is -0.206. The molecule has 0 saturated carbocycles. The number of rotatable bonds is 6. The normalized spacial score (nSPS) is 12.8. The molecular weight excluding hydrogens is 414 g/mol. The quantitative estimate of drug-likeness (QED) is 0.195. The molecule has 2 aromatic heterocycles. The molecule has 0 spiro atoms. The molecule has 0 aliphatic heterocycles. The van der Waals surface area contributed by atoms with Crippen molar-refractivity contribution in [2.75, 3.05) is 12.0 Å². The van der Waals surface area contributed by atoms with E-state index in [-0.39, 0.29) is 17.2 Å². The topological polar surface area (TPSA) is 167 Å². The molecule has 0 bridgehead atoms. The van der Waals surface area contributed by atoms with Gasteiger partial charge in [0.1, 0.15) is 17.4 Å². The fraction of sp³-hybridized carbons (Fsp3) is 0.250. The number of benzene rings is 1. The lowest BCUT2D eigenvalue weighted by molar-refractivity contribution is 0.456. The number of aliphatic imine (C=N–C) groups is 1. The second-order valence-corrected chi connectivity index (χ2v) is 8.39. The van der Waals surface area contributed by atoms with Gasteiger partial charge in [-0.25, -0.2) is 4.98 Å². The highest BCUT2D eigenvalue weighted by atomic mass is 32.2. The Balaban J connectivity index is 1.73. The number of nitrogen functional groups attached to an aromatic ring is 1. The Morgan fingerprint density at radius 1 is 1.13 bits per heavy atom. The number of ether oxygens (including phenoxy) is 1. The van der Waals surface area contributed by atoms with Crippen LogP contribution in [-0.4, -0.2) is 37.2 Å². The van der Waals surface area contributed by atoms with E-state index in [2.05, 4.69) is 30.1 Å².